The molecule has 1 N–H and O–H groups in total. The van der Waals surface area contributed by atoms with E-state index >= 15 is 0 Å². The number of ketones is 1. The van der Waals surface area contributed by atoms with Gasteiger partial charge in [-0.3, -0.25) is 9.59 Å². The zero-order valence-electron chi connectivity index (χ0n) is 11.9. The number of hydrogen-bond acceptors (Lipinski definition) is 2. The number of hydrogen-bond donors (Lipinski definition) is 1. The maximum atomic E-state index is 12.3. The van der Waals surface area contributed by atoms with Gasteiger partial charge in [-0.15, -0.1) is 0 Å². The molecule has 0 spiro atoms. The third kappa shape index (κ3) is 3.60. The van der Waals surface area contributed by atoms with Gasteiger partial charge in [0.05, 0.1) is 12.1 Å². The van der Waals surface area contributed by atoms with E-state index in [0.717, 1.165) is 5.56 Å². The van der Waals surface area contributed by atoms with Crippen LogP contribution in [0.1, 0.15) is 28.7 Å². The van der Waals surface area contributed by atoms with Crippen LogP contribution in [-0.4, -0.2) is 51.0 Å². The number of aromatic nitrogens is 1. The van der Waals surface area contributed by atoms with Crippen molar-refractivity contribution in [3.63, 3.8) is 0 Å². The Morgan fingerprint density at radius 1 is 1.15 bits per heavy atom. The van der Waals surface area contributed by atoms with Gasteiger partial charge >= 0.3 is 5.97 Å². The van der Waals surface area contributed by atoms with Crippen molar-refractivity contribution in [2.45, 2.75) is 13.3 Å². The van der Waals surface area contributed by atoms with Crippen LogP contribution < -0.4 is 0 Å². The molecule has 0 aliphatic rings. The zero-order valence-corrected chi connectivity index (χ0v) is 13.9. The molecule has 1 aromatic carbocycles. The molecule has 0 aliphatic carbocycles. The second-order valence-corrected chi connectivity index (χ2v) is 4.53. The third-order valence-corrected chi connectivity index (χ3v) is 3.10. The molecule has 0 bridgehead atoms. The number of rotatable bonds is 4. The number of carboxylic acid groups (broad SMARTS) is 1. The molecule has 0 saturated heterocycles. The van der Waals surface area contributed by atoms with Crippen LogP contribution >= 0.6 is 0 Å². The van der Waals surface area contributed by atoms with Crippen molar-refractivity contribution in [3.8, 4) is 0 Å². The molecule has 1 aromatic heterocycles. The Morgan fingerprint density at radius 2 is 1.75 bits per heavy atom. The van der Waals surface area contributed by atoms with E-state index in [1.807, 2.05) is 19.1 Å². The van der Waals surface area contributed by atoms with Crippen LogP contribution in [0, 0.1) is 6.92 Å². The van der Waals surface area contributed by atoms with Gasteiger partial charge in [0.2, 0.25) is 5.78 Å². The molecule has 20 heavy (non-hydrogen) atoms. The quantitative estimate of drug-likeness (QED) is 0.689. The molecular formula is C15H17NNaO3. The number of carbonyl (C=O) groups is 2. The predicted molar refractivity (Wildman–Crippen MR) is 79.2 cm³/mol. The van der Waals surface area contributed by atoms with Crippen molar-refractivity contribution in [2.24, 2.45) is 7.05 Å². The van der Waals surface area contributed by atoms with Crippen molar-refractivity contribution < 1.29 is 16.1 Å². The van der Waals surface area contributed by atoms with Crippen molar-refractivity contribution in [1.29, 1.82) is 0 Å². The summed E-state index contributed by atoms with van der Waals surface area (Å²) in [6.45, 7) is 1.96. The van der Waals surface area contributed by atoms with Gasteiger partial charge in [0.1, 0.15) is 0 Å². The Morgan fingerprint density at radius 3 is 2.30 bits per heavy atom. The fourth-order valence-electron chi connectivity index (χ4n) is 1.97. The summed E-state index contributed by atoms with van der Waals surface area (Å²) in [5, 5.41) is 8.79. The average Bonchev–Trinajstić information content (AvgIpc) is 2.70. The summed E-state index contributed by atoms with van der Waals surface area (Å²) in [5.74, 6) is -1.00. The summed E-state index contributed by atoms with van der Waals surface area (Å²) in [7, 11) is 1.71. The first-order chi connectivity index (χ1) is 8.99. The number of aliphatic carboxylic acids is 1. The number of carbonyl (C=O) groups excluding carboxylic acids is 1. The number of carboxylic acids is 1. The van der Waals surface area contributed by atoms with E-state index in [0.29, 0.717) is 17.0 Å². The molecule has 101 valence electrons. The Kier molecular flexibility index (Phi) is 5.74. The van der Waals surface area contributed by atoms with E-state index in [2.05, 4.69) is 0 Å². The van der Waals surface area contributed by atoms with Crippen molar-refractivity contribution >= 4 is 41.3 Å². The maximum Gasteiger partial charge on any atom is 0.309 e. The van der Waals surface area contributed by atoms with Crippen molar-refractivity contribution in [3.05, 3.63) is 58.9 Å². The summed E-state index contributed by atoms with van der Waals surface area (Å²) in [6.07, 6.45) is -0.0856. The molecule has 0 aliphatic heterocycles. The summed E-state index contributed by atoms with van der Waals surface area (Å²) in [5.41, 5.74) is 2.81. The normalized spacial score (nSPS) is 9.90. The van der Waals surface area contributed by atoms with Crippen molar-refractivity contribution in [1.82, 2.24) is 4.57 Å². The zero-order chi connectivity index (χ0) is 14.0. The van der Waals surface area contributed by atoms with Crippen LogP contribution in [0.4, 0.5) is 0 Å². The van der Waals surface area contributed by atoms with Crippen LogP contribution in [0.2, 0.25) is 0 Å². The van der Waals surface area contributed by atoms with E-state index in [1.165, 1.54) is 0 Å². The smallest absolute Gasteiger partial charge is 0.309 e. The minimum Gasteiger partial charge on any atom is -0.481 e. The van der Waals surface area contributed by atoms with Gasteiger partial charge in [-0.05, 0) is 19.1 Å². The molecule has 0 saturated carbocycles. The SMILES string of the molecule is Cc1ccc(C(=O)c2ccc(CC(=O)O)n2C)cc1.[HH].[Na]. The van der Waals surface area contributed by atoms with E-state index in [4.69, 9.17) is 5.11 Å². The predicted octanol–water partition coefficient (Wildman–Crippen LogP) is 2.06. The maximum absolute atomic E-state index is 12.3. The van der Waals surface area contributed by atoms with E-state index < -0.39 is 5.97 Å². The molecule has 1 radical (unpaired) electrons. The third-order valence-electron chi connectivity index (χ3n) is 3.10. The minimum absolute atomic E-state index is 0. The van der Waals surface area contributed by atoms with Gasteiger partial charge in [-0.2, -0.15) is 0 Å². The molecule has 0 atom stereocenters. The Labute approximate surface area is 141 Å². The first-order valence-electron chi connectivity index (χ1n) is 5.97. The molecule has 2 aromatic rings. The van der Waals surface area contributed by atoms with Gasteiger partial charge < -0.3 is 9.67 Å². The molecule has 0 fully saturated rings. The molecule has 0 amide bonds. The second-order valence-electron chi connectivity index (χ2n) is 4.53. The fourth-order valence-corrected chi connectivity index (χ4v) is 1.97. The Bertz CT molecular complexity index is 635. The number of nitrogens with zero attached hydrogens (tertiary/aromatic N) is 1. The molecule has 2 rings (SSSR count). The summed E-state index contributed by atoms with van der Waals surface area (Å²) >= 11 is 0. The van der Waals surface area contributed by atoms with Crippen LogP contribution in [0.3, 0.4) is 0 Å². The van der Waals surface area contributed by atoms with Gasteiger partial charge in [-0.25, -0.2) is 0 Å². The Hall–Kier alpha value is -1.36. The first kappa shape index (κ1) is 16.7. The standard InChI is InChI=1S/C15H15NO3.Na.H2/c1-10-3-5-11(6-4-10)15(19)13-8-7-12(16(13)2)9-14(17)18;;/h3-8H,9H2,1-2H3,(H,17,18);;1H. The number of benzene rings is 1. The molecule has 4 nitrogen and oxygen atoms in total. The van der Waals surface area contributed by atoms with Crippen molar-refractivity contribution in [2.75, 3.05) is 0 Å². The minimum atomic E-state index is -0.907. The van der Waals surface area contributed by atoms with Gasteiger partial charge in [0.15, 0.2) is 0 Å². The summed E-state index contributed by atoms with van der Waals surface area (Å²) in [4.78, 5) is 23.0. The average molecular weight is 282 g/mol. The van der Waals surface area contributed by atoms with Crippen LogP contribution in [0.5, 0.6) is 0 Å². The Balaban J connectivity index is 0.00000200. The molecule has 1 heterocycles. The van der Waals surface area contributed by atoms with Gasteiger partial charge in [-0.1, -0.05) is 29.8 Å². The molecule has 5 heteroatoms. The van der Waals surface area contributed by atoms with E-state index in [-0.39, 0.29) is 43.2 Å². The van der Waals surface area contributed by atoms with Crippen LogP contribution in [-0.2, 0) is 18.3 Å². The van der Waals surface area contributed by atoms with E-state index in [9.17, 15) is 9.59 Å². The van der Waals surface area contributed by atoms with Gasteiger partial charge in [0.25, 0.3) is 0 Å². The largest absolute Gasteiger partial charge is 0.481 e. The van der Waals surface area contributed by atoms with E-state index in [1.54, 1.807) is 35.9 Å². The van der Waals surface area contributed by atoms with Crippen LogP contribution in [0.25, 0.3) is 0 Å². The second kappa shape index (κ2) is 6.88. The fraction of sp³-hybridized carbons (Fsp3) is 0.200. The first-order valence-corrected chi connectivity index (χ1v) is 5.97. The summed E-state index contributed by atoms with van der Waals surface area (Å²) in [6, 6.07) is 10.7. The van der Waals surface area contributed by atoms with Gasteiger partial charge in [0, 0.05) is 49.3 Å². The molecular weight excluding hydrogens is 265 g/mol. The van der Waals surface area contributed by atoms with Crippen LogP contribution in [0.15, 0.2) is 36.4 Å². The monoisotopic (exact) mass is 282 g/mol. The molecule has 0 unspecified atom stereocenters. The summed E-state index contributed by atoms with van der Waals surface area (Å²) < 4.78 is 1.64. The number of aryl methyl sites for hydroxylation is 1. The topological polar surface area (TPSA) is 59.3 Å².